The predicted molar refractivity (Wildman–Crippen MR) is 123 cm³/mol. The summed E-state index contributed by atoms with van der Waals surface area (Å²) < 4.78 is 5.82. The first-order valence-corrected chi connectivity index (χ1v) is 9.70. The molecule has 1 aliphatic rings. The number of nitrogens with one attached hydrogen (secondary N) is 2. The highest BCUT2D eigenvalue weighted by Crippen LogP contribution is 2.15. The number of hydrogen-bond donors (Lipinski definition) is 2. The molecule has 2 aromatic rings. The Morgan fingerprint density at radius 1 is 1.10 bits per heavy atom. The molecule has 1 atom stereocenters. The van der Waals surface area contributed by atoms with E-state index in [1.807, 2.05) is 24.3 Å². The quantitative estimate of drug-likeness (QED) is 0.655. The van der Waals surface area contributed by atoms with Gasteiger partial charge in [-0.3, -0.25) is 9.69 Å². The van der Waals surface area contributed by atoms with Gasteiger partial charge in [0.1, 0.15) is 0 Å². The Hall–Kier alpha value is -1.63. The molecule has 1 amide bonds. The minimum Gasteiger partial charge on any atom is -0.375 e. The van der Waals surface area contributed by atoms with Gasteiger partial charge in [-0.15, -0.1) is 24.8 Å². The predicted octanol–water partition coefficient (Wildman–Crippen LogP) is 3.87. The number of rotatable bonds is 8. The van der Waals surface area contributed by atoms with Gasteiger partial charge in [-0.05, 0) is 29.8 Å². The van der Waals surface area contributed by atoms with E-state index in [1.165, 1.54) is 5.56 Å². The number of ether oxygens (including phenoxy) is 1. The van der Waals surface area contributed by atoms with Crippen molar-refractivity contribution < 1.29 is 9.53 Å². The maximum Gasteiger partial charge on any atom is 0.227 e. The van der Waals surface area contributed by atoms with Crippen molar-refractivity contribution in [2.24, 2.45) is 0 Å². The van der Waals surface area contributed by atoms with Crippen molar-refractivity contribution in [3.63, 3.8) is 0 Å². The molecule has 160 valence electrons. The molecule has 0 aliphatic carbocycles. The molecule has 2 aromatic carbocycles. The van der Waals surface area contributed by atoms with E-state index in [0.717, 1.165) is 44.0 Å². The summed E-state index contributed by atoms with van der Waals surface area (Å²) in [4.78, 5) is 14.8. The van der Waals surface area contributed by atoms with E-state index in [9.17, 15) is 4.79 Å². The van der Waals surface area contributed by atoms with E-state index in [1.54, 1.807) is 0 Å². The molecule has 0 saturated carbocycles. The van der Waals surface area contributed by atoms with Gasteiger partial charge in [0, 0.05) is 31.9 Å². The average molecular weight is 440 g/mol. The minimum absolute atomic E-state index is 0. The van der Waals surface area contributed by atoms with E-state index in [2.05, 4.69) is 52.8 Å². The van der Waals surface area contributed by atoms with Crippen LogP contribution in [0.2, 0.25) is 0 Å². The fraction of sp³-hybridized carbons (Fsp3) is 0.409. The summed E-state index contributed by atoms with van der Waals surface area (Å²) in [6.45, 7) is 7.06. The Balaban J connectivity index is 0.00000210. The van der Waals surface area contributed by atoms with Crippen LogP contribution in [0.4, 0.5) is 5.69 Å². The third-order valence-corrected chi connectivity index (χ3v) is 4.67. The lowest BCUT2D eigenvalue weighted by atomic mass is 10.1. The molecular formula is C22H31Cl2N3O2. The monoisotopic (exact) mass is 439 g/mol. The van der Waals surface area contributed by atoms with E-state index in [4.69, 9.17) is 4.74 Å². The minimum atomic E-state index is -0.0626. The van der Waals surface area contributed by atoms with Crippen molar-refractivity contribution in [3.8, 4) is 0 Å². The molecule has 0 radical (unpaired) electrons. The van der Waals surface area contributed by atoms with Crippen LogP contribution >= 0.6 is 24.8 Å². The zero-order valence-corrected chi connectivity index (χ0v) is 18.4. The lowest BCUT2D eigenvalue weighted by Gasteiger charge is -2.32. The Labute approximate surface area is 186 Å². The number of carbonyl (C=O) groups is 1. The van der Waals surface area contributed by atoms with Crippen LogP contribution in [0.25, 0.3) is 0 Å². The molecule has 0 bridgehead atoms. The maximum absolute atomic E-state index is 12.4. The van der Waals surface area contributed by atoms with Gasteiger partial charge in [-0.2, -0.15) is 0 Å². The third-order valence-electron chi connectivity index (χ3n) is 4.67. The van der Waals surface area contributed by atoms with Crippen LogP contribution < -0.4 is 10.6 Å². The summed E-state index contributed by atoms with van der Waals surface area (Å²) in [7, 11) is 0. The van der Waals surface area contributed by atoms with Gasteiger partial charge in [-0.25, -0.2) is 0 Å². The number of anilines is 1. The third kappa shape index (κ3) is 8.72. The van der Waals surface area contributed by atoms with Crippen molar-refractivity contribution in [1.82, 2.24) is 10.2 Å². The van der Waals surface area contributed by atoms with E-state index < -0.39 is 0 Å². The van der Waals surface area contributed by atoms with Gasteiger partial charge >= 0.3 is 0 Å². The number of nitrogens with zero attached hydrogens (tertiary/aromatic N) is 1. The number of hydrogen-bond acceptors (Lipinski definition) is 4. The maximum atomic E-state index is 12.4. The molecule has 1 aliphatic heterocycles. The fourth-order valence-electron chi connectivity index (χ4n) is 3.34. The van der Waals surface area contributed by atoms with Crippen LogP contribution in [-0.2, 0) is 22.6 Å². The summed E-state index contributed by atoms with van der Waals surface area (Å²) in [5.41, 5.74) is 3.30. The van der Waals surface area contributed by atoms with Crippen LogP contribution in [0.1, 0.15) is 24.5 Å². The van der Waals surface area contributed by atoms with E-state index in [0.29, 0.717) is 13.0 Å². The highest BCUT2D eigenvalue weighted by Gasteiger charge is 2.23. The summed E-state index contributed by atoms with van der Waals surface area (Å²) in [5, 5.41) is 6.30. The number of morpholine rings is 1. The Bertz CT molecular complexity index is 731. The molecule has 7 heteroatoms. The number of halogens is 2. The lowest BCUT2D eigenvalue weighted by molar-refractivity contribution is -0.121. The van der Waals surface area contributed by atoms with Crippen molar-refractivity contribution in [1.29, 1.82) is 0 Å². The first-order valence-electron chi connectivity index (χ1n) is 9.70. The molecule has 0 spiro atoms. The summed E-state index contributed by atoms with van der Waals surface area (Å²) in [6.07, 6.45) is 0.315. The molecule has 0 aromatic heterocycles. The zero-order valence-electron chi connectivity index (χ0n) is 16.8. The first-order chi connectivity index (χ1) is 13.2. The highest BCUT2D eigenvalue weighted by atomic mass is 35.5. The SMILES string of the molecule is CCNCc1cccc(NC(=O)CC2CN(Cc3ccccc3)CCO2)c1.Cl.Cl. The molecule has 1 fully saturated rings. The van der Waals surface area contributed by atoms with Gasteiger partial charge in [0.2, 0.25) is 5.91 Å². The lowest BCUT2D eigenvalue weighted by Crippen LogP contribution is -2.43. The molecule has 5 nitrogen and oxygen atoms in total. The second-order valence-electron chi connectivity index (χ2n) is 6.95. The second-order valence-corrected chi connectivity index (χ2v) is 6.95. The van der Waals surface area contributed by atoms with Crippen LogP contribution in [0, 0.1) is 0 Å². The average Bonchev–Trinajstić information content (AvgIpc) is 2.67. The molecule has 3 rings (SSSR count). The largest absolute Gasteiger partial charge is 0.375 e. The molecular weight excluding hydrogens is 409 g/mol. The van der Waals surface area contributed by atoms with Gasteiger partial charge in [0.25, 0.3) is 0 Å². The van der Waals surface area contributed by atoms with Crippen LogP contribution in [-0.4, -0.2) is 43.2 Å². The van der Waals surface area contributed by atoms with Gasteiger partial charge in [-0.1, -0.05) is 49.4 Å². The van der Waals surface area contributed by atoms with Crippen LogP contribution in [0.3, 0.4) is 0 Å². The standard InChI is InChI=1S/C22H29N3O2.2ClH/c1-2-23-15-19-9-6-10-20(13-19)24-22(26)14-21-17-25(11-12-27-21)16-18-7-4-3-5-8-18;;/h3-10,13,21,23H,2,11-12,14-17H2,1H3,(H,24,26);2*1H. The summed E-state index contributed by atoms with van der Waals surface area (Å²) >= 11 is 0. The first kappa shape index (κ1) is 25.4. The van der Waals surface area contributed by atoms with Crippen molar-refractivity contribution in [3.05, 3.63) is 65.7 Å². The fourth-order valence-corrected chi connectivity index (χ4v) is 3.34. The summed E-state index contributed by atoms with van der Waals surface area (Å²) in [5.74, 6) is 0.00200. The molecule has 29 heavy (non-hydrogen) atoms. The molecule has 1 saturated heterocycles. The van der Waals surface area contributed by atoms with Crippen LogP contribution in [0.5, 0.6) is 0 Å². The molecule has 1 heterocycles. The molecule has 2 N–H and O–H groups in total. The van der Waals surface area contributed by atoms with Gasteiger partial charge < -0.3 is 15.4 Å². The van der Waals surface area contributed by atoms with Crippen LogP contribution in [0.15, 0.2) is 54.6 Å². The normalized spacial score (nSPS) is 16.4. The van der Waals surface area contributed by atoms with Crippen molar-refractivity contribution >= 4 is 36.4 Å². The number of benzene rings is 2. The Kier molecular flexibility index (Phi) is 11.9. The highest BCUT2D eigenvalue weighted by molar-refractivity contribution is 5.91. The topological polar surface area (TPSA) is 53.6 Å². The summed E-state index contributed by atoms with van der Waals surface area (Å²) in [6, 6.07) is 18.4. The van der Waals surface area contributed by atoms with Crippen molar-refractivity contribution in [2.45, 2.75) is 32.5 Å². The van der Waals surface area contributed by atoms with Gasteiger partial charge in [0.05, 0.1) is 19.1 Å². The smallest absolute Gasteiger partial charge is 0.227 e. The van der Waals surface area contributed by atoms with E-state index in [-0.39, 0.29) is 36.8 Å². The Morgan fingerprint density at radius 2 is 1.86 bits per heavy atom. The number of carbonyl (C=O) groups excluding carboxylic acids is 1. The van der Waals surface area contributed by atoms with Crippen molar-refractivity contribution in [2.75, 3.05) is 31.6 Å². The van der Waals surface area contributed by atoms with Gasteiger partial charge in [0.15, 0.2) is 0 Å². The zero-order chi connectivity index (χ0) is 18.9. The molecule has 1 unspecified atom stereocenters. The second kappa shape index (κ2) is 13.6. The van der Waals surface area contributed by atoms with E-state index >= 15 is 0 Å². The number of amides is 1. The Morgan fingerprint density at radius 3 is 2.62 bits per heavy atom.